The molecular formula is C28H40O4. The SMILES string of the molecule is [2H]C([2H])([2H])C([2H])([2H])C([2H])([2H])C([2H])([2H])C([2H])(C([2H])([2H])OC(=O)c1ccc2cc(C(=O)OC([2H])([2H])C([2H])(C([2H])([2H])C([2H])([2H])[2H])C([2H])([2H])C([2H])([2H])C([2H])([2H])C([2H])([2H])[2H])ccc2c1)C([2H])([2H])C([2H])([2H])[2H]. The van der Waals surface area contributed by atoms with E-state index in [1.807, 2.05) is 0 Å². The van der Waals surface area contributed by atoms with Gasteiger partial charge in [-0.05, 0) is 59.6 Å². The maximum Gasteiger partial charge on any atom is 0.338 e. The first kappa shape index (κ1) is 5.82. The van der Waals surface area contributed by atoms with Crippen molar-refractivity contribution in [3.05, 3.63) is 47.5 Å². The molecule has 0 saturated carbocycles. The minimum atomic E-state index is -4.89. The van der Waals surface area contributed by atoms with Gasteiger partial charge in [0.15, 0.2) is 0 Å². The summed E-state index contributed by atoms with van der Waals surface area (Å²) in [6, 6.07) is 4.77. The summed E-state index contributed by atoms with van der Waals surface area (Å²) in [5.41, 5.74) is -1.62. The molecule has 2 atom stereocenters. The van der Waals surface area contributed by atoms with Gasteiger partial charge in [0.1, 0.15) is 0 Å². The molecule has 0 radical (unpaired) electrons. The number of esters is 2. The molecule has 4 nitrogen and oxygen atoms in total. The molecule has 2 unspecified atom stereocenters. The molecule has 0 aliphatic rings. The van der Waals surface area contributed by atoms with E-state index in [2.05, 4.69) is 9.47 Å². The van der Waals surface area contributed by atoms with Gasteiger partial charge in [0.2, 0.25) is 0 Å². The summed E-state index contributed by atoms with van der Waals surface area (Å²) in [5.74, 6) is -13.7. The lowest BCUT2D eigenvalue weighted by molar-refractivity contribution is 0.0419. The van der Waals surface area contributed by atoms with Crippen molar-refractivity contribution in [3.8, 4) is 0 Å². The van der Waals surface area contributed by atoms with Crippen molar-refractivity contribution in [2.75, 3.05) is 13.1 Å². The second kappa shape index (κ2) is 13.9. The maximum absolute atomic E-state index is 13.4. The highest BCUT2D eigenvalue weighted by molar-refractivity contribution is 5.99. The predicted molar refractivity (Wildman–Crippen MR) is 131 cm³/mol. The van der Waals surface area contributed by atoms with Crippen molar-refractivity contribution >= 4 is 22.7 Å². The highest BCUT2D eigenvalue weighted by atomic mass is 16.5. The second-order valence-electron chi connectivity index (χ2n) is 5.51. The summed E-state index contributed by atoms with van der Waals surface area (Å²) >= 11 is 0. The van der Waals surface area contributed by atoms with Crippen molar-refractivity contribution in [3.63, 3.8) is 0 Å². The number of rotatable bonds is 14. The predicted octanol–water partition coefficient (Wildman–Crippen LogP) is 7.59. The van der Waals surface area contributed by atoms with Gasteiger partial charge >= 0.3 is 11.9 Å². The Kier molecular flexibility index (Phi) is 2.53. The smallest absolute Gasteiger partial charge is 0.338 e. The van der Waals surface area contributed by atoms with Gasteiger partial charge < -0.3 is 9.47 Å². The Morgan fingerprint density at radius 2 is 1.28 bits per heavy atom. The van der Waals surface area contributed by atoms with Crippen LogP contribution in [-0.2, 0) is 9.47 Å². The number of hydrogen-bond donors (Lipinski definition) is 0. The summed E-state index contributed by atoms with van der Waals surface area (Å²) in [6.07, 6.45) is -37.1. The molecule has 4 heteroatoms. The summed E-state index contributed by atoms with van der Waals surface area (Å²) in [4.78, 5) is 26.8. The highest BCUT2D eigenvalue weighted by Gasteiger charge is 2.15. The average Bonchev–Trinajstić information content (AvgIpc) is 3.10. The fraction of sp³-hybridized carbons (Fsp3) is 0.571. The van der Waals surface area contributed by atoms with Gasteiger partial charge in [-0.1, -0.05) is 77.8 Å². The molecule has 0 bridgehead atoms. The molecule has 0 saturated heterocycles. The molecule has 176 valence electrons. The number of ether oxygens (including phenoxy) is 2. The van der Waals surface area contributed by atoms with Gasteiger partial charge in [0, 0.05) is 41.1 Å². The standard InChI is InChI=1S/C28H40O4/c1-5-9-11-21(7-3)19-31-27(29)25-15-13-24-18-26(16-14-23(24)17-25)28(30)32-20-22(8-4)12-10-6-2/h13-18,21-22H,5-12,19-20H2,1-4H3/i1D3,2D3,3D3,4D3,5D2,6D2,7D2,8D2,9D2,10D2,11D2,12D2,19D2,20D2,21D,22D. The monoisotopic (exact) mass is 475 g/mol. The molecule has 0 aliphatic carbocycles. The molecule has 0 N–H and O–H groups in total. The molecule has 0 heterocycles. The van der Waals surface area contributed by atoms with Crippen molar-refractivity contribution in [1.82, 2.24) is 0 Å². The van der Waals surface area contributed by atoms with Crippen LogP contribution in [0.2, 0.25) is 0 Å². The third kappa shape index (κ3) is 7.96. The molecule has 0 fully saturated rings. The van der Waals surface area contributed by atoms with Crippen LogP contribution in [0.25, 0.3) is 10.8 Å². The average molecular weight is 475 g/mol. The number of benzene rings is 2. The lowest BCUT2D eigenvalue weighted by atomic mass is 10.0. The zero-order chi connectivity index (χ0) is 53.1. The Balaban J connectivity index is 2.76. The first-order valence-corrected chi connectivity index (χ1v) is 8.45. The molecule has 32 heavy (non-hydrogen) atoms. The Labute approximate surface area is 241 Å². The molecule has 2 rings (SSSR count). The van der Waals surface area contributed by atoms with E-state index in [1.54, 1.807) is 0 Å². The quantitative estimate of drug-likeness (QED) is 0.265. The van der Waals surface area contributed by atoms with Crippen LogP contribution in [0.4, 0.5) is 0 Å². The van der Waals surface area contributed by atoms with Crippen molar-refractivity contribution in [2.24, 2.45) is 11.8 Å². The largest absolute Gasteiger partial charge is 0.462 e. The van der Waals surface area contributed by atoms with Crippen molar-refractivity contribution in [2.45, 2.75) is 78.4 Å². The van der Waals surface area contributed by atoms with Crippen LogP contribution in [-0.4, -0.2) is 25.1 Å². The summed E-state index contributed by atoms with van der Waals surface area (Å²) in [5, 5.41) is -0.385. The van der Waals surface area contributed by atoms with E-state index in [0.717, 1.165) is 36.4 Å². The third-order valence-corrected chi connectivity index (χ3v) is 3.55. The van der Waals surface area contributed by atoms with E-state index in [9.17, 15) is 9.59 Å². The molecule has 0 aromatic heterocycles. The number of carbonyl (C=O) groups excluding carboxylic acids is 2. The lowest BCUT2D eigenvalue weighted by Gasteiger charge is -2.15. The Hall–Kier alpha value is -2.36. The summed E-state index contributed by atoms with van der Waals surface area (Å²) < 4.78 is 280. The van der Waals surface area contributed by atoms with Crippen LogP contribution in [0.5, 0.6) is 0 Å². The van der Waals surface area contributed by atoms with Gasteiger partial charge in [-0.15, -0.1) is 0 Å². The van der Waals surface area contributed by atoms with Gasteiger partial charge in [0.25, 0.3) is 0 Å². The van der Waals surface area contributed by atoms with Crippen LogP contribution in [0, 0.1) is 11.8 Å². The highest BCUT2D eigenvalue weighted by Crippen LogP contribution is 2.21. The summed E-state index contributed by atoms with van der Waals surface area (Å²) in [7, 11) is 0. The summed E-state index contributed by atoms with van der Waals surface area (Å²) in [6.45, 7) is -26.1. The van der Waals surface area contributed by atoms with E-state index in [-0.39, 0.29) is 10.8 Å². The molecule has 2 aromatic carbocycles. The third-order valence-electron chi connectivity index (χ3n) is 3.55. The van der Waals surface area contributed by atoms with E-state index in [0.29, 0.717) is 0 Å². The molecule has 0 amide bonds. The minimum Gasteiger partial charge on any atom is -0.462 e. The Morgan fingerprint density at radius 1 is 0.812 bits per heavy atom. The molecule has 0 spiro atoms. The van der Waals surface area contributed by atoms with Gasteiger partial charge in [-0.25, -0.2) is 9.59 Å². The molecular weight excluding hydrogens is 400 g/mol. The van der Waals surface area contributed by atoms with Crippen LogP contribution in [0.3, 0.4) is 0 Å². The minimum absolute atomic E-state index is 0.193. The molecule has 2 aromatic rings. The van der Waals surface area contributed by atoms with Crippen LogP contribution >= 0.6 is 0 Å². The fourth-order valence-corrected chi connectivity index (χ4v) is 2.16. The van der Waals surface area contributed by atoms with Gasteiger partial charge in [-0.3, -0.25) is 0 Å². The number of fused-ring (bicyclic) bond motifs is 1. The van der Waals surface area contributed by atoms with Gasteiger partial charge in [0.05, 0.1) is 29.7 Å². The van der Waals surface area contributed by atoms with Crippen molar-refractivity contribution in [1.29, 1.82) is 0 Å². The van der Waals surface area contributed by atoms with E-state index in [4.69, 9.17) is 46.6 Å². The molecule has 0 aliphatic heterocycles. The lowest BCUT2D eigenvalue weighted by Crippen LogP contribution is -2.14. The zero-order valence-corrected chi connectivity index (χ0v) is 16.1. The Morgan fingerprint density at radius 3 is 1.69 bits per heavy atom. The van der Waals surface area contributed by atoms with Crippen molar-refractivity contribution < 1.29 is 65.7 Å². The van der Waals surface area contributed by atoms with E-state index in [1.165, 1.54) is 0 Å². The zero-order valence-electron chi connectivity index (χ0n) is 50.1. The number of carbonyl (C=O) groups is 2. The maximum atomic E-state index is 13.4. The van der Waals surface area contributed by atoms with Crippen LogP contribution in [0.1, 0.15) is 146 Å². The topological polar surface area (TPSA) is 52.6 Å². The van der Waals surface area contributed by atoms with Crippen LogP contribution in [0.15, 0.2) is 36.4 Å². The van der Waals surface area contributed by atoms with E-state index < -0.39 is 126 Å². The van der Waals surface area contributed by atoms with Crippen LogP contribution < -0.4 is 0 Å². The second-order valence-corrected chi connectivity index (χ2v) is 5.51. The first-order valence-electron chi connectivity index (χ1n) is 25.5. The van der Waals surface area contributed by atoms with Gasteiger partial charge in [-0.2, -0.15) is 0 Å². The normalized spacial score (nSPS) is 36.8. The Bertz CT molecular complexity index is 2010. The number of hydrogen-bond acceptors (Lipinski definition) is 4. The first-order chi connectivity index (χ1) is 28.4. The van der Waals surface area contributed by atoms with E-state index >= 15 is 0 Å². The fourth-order valence-electron chi connectivity index (χ4n) is 2.16.